The van der Waals surface area contributed by atoms with Gasteiger partial charge in [0.15, 0.2) is 0 Å². The number of hydrogen-bond acceptors (Lipinski definition) is 3. The number of rotatable bonds is 3. The van der Waals surface area contributed by atoms with Crippen molar-refractivity contribution in [1.29, 1.82) is 0 Å². The average Bonchev–Trinajstić information content (AvgIpc) is 2.73. The highest BCUT2D eigenvalue weighted by Gasteiger charge is 2.32. The summed E-state index contributed by atoms with van der Waals surface area (Å²) in [7, 11) is 0. The topological polar surface area (TPSA) is 32.3 Å². The van der Waals surface area contributed by atoms with E-state index in [1.165, 1.54) is 25.0 Å². The van der Waals surface area contributed by atoms with Crippen molar-refractivity contribution >= 4 is 11.8 Å². The predicted molar refractivity (Wildman–Crippen MR) is 61.7 cm³/mol. The molecule has 2 rings (SSSR count). The Bertz CT molecular complexity index is 192. The van der Waals surface area contributed by atoms with Crippen LogP contribution in [0.3, 0.4) is 0 Å². The molecule has 2 atom stereocenters. The summed E-state index contributed by atoms with van der Waals surface area (Å²) in [6.45, 7) is 3.10. The third-order valence-corrected chi connectivity index (χ3v) is 4.81. The van der Waals surface area contributed by atoms with E-state index < -0.39 is 0 Å². The van der Waals surface area contributed by atoms with Crippen LogP contribution in [-0.4, -0.2) is 34.3 Å². The first-order valence-corrected chi connectivity index (χ1v) is 6.80. The van der Waals surface area contributed by atoms with Crippen molar-refractivity contribution in [1.82, 2.24) is 5.32 Å². The van der Waals surface area contributed by atoms with Gasteiger partial charge >= 0.3 is 0 Å². The molecule has 0 radical (unpaired) electrons. The van der Waals surface area contributed by atoms with Crippen LogP contribution in [0.1, 0.15) is 39.0 Å². The molecule has 0 amide bonds. The second-order valence-corrected chi connectivity index (χ2v) is 6.36. The summed E-state index contributed by atoms with van der Waals surface area (Å²) in [5.74, 6) is 1.22. The number of hydrogen-bond donors (Lipinski definition) is 2. The average molecular weight is 215 g/mol. The van der Waals surface area contributed by atoms with Crippen LogP contribution in [0, 0.1) is 0 Å². The summed E-state index contributed by atoms with van der Waals surface area (Å²) in [6.07, 6.45) is 5.66. The standard InChI is InChI=1S/C11H21NOS/c1-9-6-10(7-14-9)12-8-11(13)4-2-3-5-11/h9-10,12-13H,2-8H2,1H3. The molecule has 2 aliphatic rings. The van der Waals surface area contributed by atoms with Crippen molar-refractivity contribution < 1.29 is 5.11 Å². The second-order valence-electron chi connectivity index (χ2n) is 4.89. The van der Waals surface area contributed by atoms with Crippen molar-refractivity contribution in [3.8, 4) is 0 Å². The molecule has 2 unspecified atom stereocenters. The van der Waals surface area contributed by atoms with Crippen LogP contribution >= 0.6 is 11.8 Å². The van der Waals surface area contributed by atoms with Crippen molar-refractivity contribution in [2.45, 2.75) is 55.9 Å². The smallest absolute Gasteiger partial charge is 0.0771 e. The van der Waals surface area contributed by atoms with Crippen molar-refractivity contribution in [3.05, 3.63) is 0 Å². The molecular formula is C11H21NOS. The van der Waals surface area contributed by atoms with E-state index in [0.29, 0.717) is 6.04 Å². The van der Waals surface area contributed by atoms with E-state index in [1.807, 2.05) is 11.8 Å². The second kappa shape index (κ2) is 4.42. The molecule has 0 spiro atoms. The highest BCUT2D eigenvalue weighted by Crippen LogP contribution is 2.30. The Kier molecular flexibility index (Phi) is 3.40. The SMILES string of the molecule is CC1CC(NCC2(O)CCCC2)CS1. The van der Waals surface area contributed by atoms with E-state index in [4.69, 9.17) is 0 Å². The monoisotopic (exact) mass is 215 g/mol. The van der Waals surface area contributed by atoms with Gasteiger partial charge in [0.05, 0.1) is 5.60 Å². The fraction of sp³-hybridized carbons (Fsp3) is 1.00. The third kappa shape index (κ3) is 2.65. The first kappa shape index (κ1) is 10.8. The summed E-state index contributed by atoms with van der Waals surface area (Å²) in [4.78, 5) is 0. The minimum Gasteiger partial charge on any atom is -0.389 e. The van der Waals surface area contributed by atoms with Crippen LogP contribution in [0.4, 0.5) is 0 Å². The molecule has 1 saturated carbocycles. The maximum atomic E-state index is 10.1. The summed E-state index contributed by atoms with van der Waals surface area (Å²) in [6, 6.07) is 0.639. The molecule has 3 heteroatoms. The van der Waals surface area contributed by atoms with E-state index in [1.54, 1.807) is 0 Å². The minimum atomic E-state index is -0.378. The van der Waals surface area contributed by atoms with Gasteiger partial charge in [-0.1, -0.05) is 19.8 Å². The van der Waals surface area contributed by atoms with Gasteiger partial charge in [0.2, 0.25) is 0 Å². The van der Waals surface area contributed by atoms with Crippen LogP contribution in [-0.2, 0) is 0 Å². The van der Waals surface area contributed by atoms with Crippen LogP contribution in [0.15, 0.2) is 0 Å². The highest BCUT2D eigenvalue weighted by atomic mass is 32.2. The Morgan fingerprint density at radius 1 is 1.43 bits per heavy atom. The third-order valence-electron chi connectivity index (χ3n) is 3.45. The van der Waals surface area contributed by atoms with Crippen LogP contribution in [0.25, 0.3) is 0 Å². The largest absolute Gasteiger partial charge is 0.389 e. The van der Waals surface area contributed by atoms with Crippen molar-refractivity contribution in [2.75, 3.05) is 12.3 Å². The zero-order valence-corrected chi connectivity index (χ0v) is 9.78. The Hall–Kier alpha value is 0.270. The van der Waals surface area contributed by atoms with Crippen molar-refractivity contribution in [2.24, 2.45) is 0 Å². The maximum Gasteiger partial charge on any atom is 0.0771 e. The van der Waals surface area contributed by atoms with Crippen molar-refractivity contribution in [3.63, 3.8) is 0 Å². The molecule has 1 aliphatic heterocycles. The van der Waals surface area contributed by atoms with Gasteiger partial charge in [0.1, 0.15) is 0 Å². The molecule has 0 bridgehead atoms. The zero-order valence-electron chi connectivity index (χ0n) is 8.96. The Morgan fingerprint density at radius 2 is 2.14 bits per heavy atom. The van der Waals surface area contributed by atoms with Gasteiger partial charge in [-0.3, -0.25) is 0 Å². The van der Waals surface area contributed by atoms with Crippen LogP contribution in [0.5, 0.6) is 0 Å². The van der Waals surface area contributed by atoms with E-state index in [-0.39, 0.29) is 5.60 Å². The predicted octanol–water partition coefficient (Wildman–Crippen LogP) is 1.78. The lowest BCUT2D eigenvalue weighted by Gasteiger charge is -2.24. The molecule has 1 aliphatic carbocycles. The lowest BCUT2D eigenvalue weighted by atomic mass is 10.0. The van der Waals surface area contributed by atoms with E-state index in [2.05, 4.69) is 12.2 Å². The molecule has 82 valence electrons. The Morgan fingerprint density at radius 3 is 2.71 bits per heavy atom. The number of nitrogens with one attached hydrogen (secondary N) is 1. The minimum absolute atomic E-state index is 0.378. The van der Waals surface area contributed by atoms with Gasteiger partial charge in [0, 0.05) is 23.6 Å². The van der Waals surface area contributed by atoms with E-state index >= 15 is 0 Å². The van der Waals surface area contributed by atoms with Gasteiger partial charge in [-0.05, 0) is 19.3 Å². The maximum absolute atomic E-state index is 10.1. The molecule has 0 aromatic carbocycles. The lowest BCUT2D eigenvalue weighted by Crippen LogP contribution is -2.42. The summed E-state index contributed by atoms with van der Waals surface area (Å²) < 4.78 is 0. The molecule has 1 heterocycles. The van der Waals surface area contributed by atoms with Crippen LogP contribution in [0.2, 0.25) is 0 Å². The number of thioether (sulfide) groups is 1. The fourth-order valence-corrected chi connectivity index (χ4v) is 3.69. The molecule has 2 N–H and O–H groups in total. The normalized spacial score (nSPS) is 36.4. The van der Waals surface area contributed by atoms with E-state index in [0.717, 1.165) is 24.6 Å². The molecule has 14 heavy (non-hydrogen) atoms. The van der Waals surface area contributed by atoms with Gasteiger partial charge < -0.3 is 10.4 Å². The molecule has 2 fully saturated rings. The highest BCUT2D eigenvalue weighted by molar-refractivity contribution is 8.00. The first-order valence-electron chi connectivity index (χ1n) is 5.75. The number of aliphatic hydroxyl groups is 1. The Balaban J connectivity index is 1.71. The van der Waals surface area contributed by atoms with Gasteiger partial charge in [0.25, 0.3) is 0 Å². The fourth-order valence-electron chi connectivity index (χ4n) is 2.50. The first-order chi connectivity index (χ1) is 6.68. The molecule has 1 saturated heterocycles. The quantitative estimate of drug-likeness (QED) is 0.752. The van der Waals surface area contributed by atoms with Gasteiger partial charge in [-0.25, -0.2) is 0 Å². The molecule has 2 nitrogen and oxygen atoms in total. The Labute approximate surface area is 90.8 Å². The summed E-state index contributed by atoms with van der Waals surface area (Å²) in [5, 5.41) is 14.5. The lowest BCUT2D eigenvalue weighted by molar-refractivity contribution is 0.0455. The van der Waals surface area contributed by atoms with Crippen LogP contribution < -0.4 is 5.32 Å². The zero-order chi connectivity index (χ0) is 10.0. The van der Waals surface area contributed by atoms with E-state index in [9.17, 15) is 5.11 Å². The summed E-state index contributed by atoms with van der Waals surface area (Å²) >= 11 is 2.04. The van der Waals surface area contributed by atoms with Gasteiger partial charge in [-0.15, -0.1) is 0 Å². The molecular weight excluding hydrogens is 194 g/mol. The molecule has 0 aromatic heterocycles. The van der Waals surface area contributed by atoms with Gasteiger partial charge in [-0.2, -0.15) is 11.8 Å². The summed E-state index contributed by atoms with van der Waals surface area (Å²) in [5.41, 5.74) is -0.378. The molecule has 0 aromatic rings.